The highest BCUT2D eigenvalue weighted by molar-refractivity contribution is 7.93. The molecule has 0 saturated heterocycles. The van der Waals surface area contributed by atoms with Crippen molar-refractivity contribution < 1.29 is 9.32 Å². The summed E-state index contributed by atoms with van der Waals surface area (Å²) >= 11 is 0. The molecule has 1 unspecified atom stereocenters. The van der Waals surface area contributed by atoms with Crippen molar-refractivity contribution in [2.75, 3.05) is 0 Å². The maximum atomic E-state index is 12.9. The van der Waals surface area contributed by atoms with Gasteiger partial charge in [-0.2, -0.15) is 15.0 Å². The Morgan fingerprint density at radius 1 is 1.21 bits per heavy atom. The van der Waals surface area contributed by atoms with Crippen molar-refractivity contribution in [3.63, 3.8) is 0 Å². The number of pyridine rings is 1. The van der Waals surface area contributed by atoms with E-state index in [0.29, 0.717) is 27.5 Å². The molecule has 4 rings (SSSR count). The number of nitriles is 1. The van der Waals surface area contributed by atoms with Gasteiger partial charge in [0.15, 0.2) is 5.82 Å². The number of hydrogen-bond donors (Lipinski definition) is 2. The highest BCUT2D eigenvalue weighted by Crippen LogP contribution is 2.34. The monoisotopic (exact) mass is 407 g/mol. The lowest BCUT2D eigenvalue weighted by Crippen LogP contribution is -2.16. The molecule has 0 spiro atoms. The normalized spacial score (nSPS) is 16.4. The number of aromatic nitrogens is 3. The molecule has 1 aliphatic rings. The van der Waals surface area contributed by atoms with Crippen molar-refractivity contribution in [3.05, 3.63) is 53.9 Å². The van der Waals surface area contributed by atoms with Gasteiger partial charge in [-0.25, -0.2) is 14.0 Å². The summed E-state index contributed by atoms with van der Waals surface area (Å²) in [7, 11) is -2.88. The van der Waals surface area contributed by atoms with Gasteiger partial charge in [0.2, 0.25) is 5.88 Å². The number of nitrogens with zero attached hydrogens (tertiary/aromatic N) is 4. The molecule has 2 aromatic heterocycles. The molecule has 8 heteroatoms. The first-order valence-electron chi connectivity index (χ1n) is 9.45. The molecular weight excluding hydrogens is 386 g/mol. The summed E-state index contributed by atoms with van der Waals surface area (Å²) < 4.78 is 22.6. The Bertz CT molecular complexity index is 1180. The van der Waals surface area contributed by atoms with E-state index in [1.165, 1.54) is 10.9 Å². The summed E-state index contributed by atoms with van der Waals surface area (Å²) in [5.74, 6) is 0.325. The van der Waals surface area contributed by atoms with E-state index in [9.17, 15) is 9.32 Å². The van der Waals surface area contributed by atoms with E-state index in [2.05, 4.69) is 16.2 Å². The Labute approximate surface area is 169 Å². The Morgan fingerprint density at radius 3 is 2.48 bits per heavy atom. The molecule has 1 aromatic carbocycles. The van der Waals surface area contributed by atoms with Crippen LogP contribution in [0.25, 0.3) is 16.9 Å². The molecule has 1 atom stereocenters. The number of rotatable bonds is 4. The van der Waals surface area contributed by atoms with Crippen LogP contribution in [0.5, 0.6) is 5.88 Å². The molecule has 0 aliphatic heterocycles. The zero-order valence-corrected chi connectivity index (χ0v) is 16.8. The van der Waals surface area contributed by atoms with Crippen LogP contribution in [0.3, 0.4) is 0 Å². The van der Waals surface area contributed by atoms with Crippen LogP contribution in [0.15, 0.2) is 47.5 Å². The first kappa shape index (κ1) is 19.2. The first-order valence-corrected chi connectivity index (χ1v) is 11.1. The SMILES string of the molecule is Cc1nn(-c2ccc(S(=N)(=O)C3CCCC3)cn2)c(O)c1-c1ccc(C#N)cc1. The summed E-state index contributed by atoms with van der Waals surface area (Å²) in [5, 5.41) is 24.0. The van der Waals surface area contributed by atoms with Gasteiger partial charge in [0.25, 0.3) is 0 Å². The fraction of sp³-hybridized carbons (Fsp3) is 0.286. The molecule has 1 saturated carbocycles. The molecule has 0 radical (unpaired) electrons. The lowest BCUT2D eigenvalue weighted by atomic mass is 10.0. The predicted molar refractivity (Wildman–Crippen MR) is 109 cm³/mol. The average Bonchev–Trinajstić information content (AvgIpc) is 3.37. The lowest BCUT2D eigenvalue weighted by Gasteiger charge is -2.14. The highest BCUT2D eigenvalue weighted by Gasteiger charge is 2.27. The third-order valence-corrected chi connectivity index (χ3v) is 7.75. The molecule has 1 aliphatic carbocycles. The minimum Gasteiger partial charge on any atom is -0.493 e. The smallest absolute Gasteiger partial charge is 0.223 e. The van der Waals surface area contributed by atoms with Crippen molar-refractivity contribution in [1.29, 1.82) is 10.0 Å². The van der Waals surface area contributed by atoms with Crippen molar-refractivity contribution >= 4 is 9.73 Å². The molecule has 0 amide bonds. The Kier molecular flexibility index (Phi) is 4.84. The standard InChI is InChI=1S/C21H21N5O2S/c1-14-20(16-8-6-15(12-22)7-9-16)21(27)26(25-14)19-11-10-18(13-24-19)29(23,28)17-4-2-3-5-17/h6-11,13,17,23,27H,2-5H2,1H3. The van der Waals surface area contributed by atoms with Gasteiger partial charge >= 0.3 is 0 Å². The van der Waals surface area contributed by atoms with E-state index in [-0.39, 0.29) is 11.1 Å². The van der Waals surface area contributed by atoms with Gasteiger partial charge in [-0.15, -0.1) is 0 Å². The van der Waals surface area contributed by atoms with Crippen LogP contribution in [-0.2, 0) is 9.73 Å². The molecule has 148 valence electrons. The second-order valence-corrected chi connectivity index (χ2v) is 9.58. The quantitative estimate of drug-likeness (QED) is 0.673. The molecule has 0 bridgehead atoms. The third-order valence-electron chi connectivity index (χ3n) is 5.40. The van der Waals surface area contributed by atoms with Crippen molar-refractivity contribution in [2.45, 2.75) is 42.8 Å². The Balaban J connectivity index is 1.68. The molecule has 7 nitrogen and oxygen atoms in total. The van der Waals surface area contributed by atoms with Crippen molar-refractivity contribution in [2.24, 2.45) is 0 Å². The molecule has 1 fully saturated rings. The van der Waals surface area contributed by atoms with Crippen LogP contribution in [0.2, 0.25) is 0 Å². The van der Waals surface area contributed by atoms with Crippen LogP contribution >= 0.6 is 0 Å². The minimum absolute atomic E-state index is 0.0603. The van der Waals surface area contributed by atoms with E-state index >= 15 is 0 Å². The van der Waals surface area contributed by atoms with Gasteiger partial charge in [0.05, 0.1) is 37.5 Å². The van der Waals surface area contributed by atoms with E-state index < -0.39 is 9.73 Å². The highest BCUT2D eigenvalue weighted by atomic mass is 32.2. The van der Waals surface area contributed by atoms with E-state index in [1.807, 2.05) is 0 Å². The summed E-state index contributed by atoms with van der Waals surface area (Å²) in [6, 6.07) is 12.3. The molecular formula is C21H21N5O2S. The van der Waals surface area contributed by atoms with Crippen LogP contribution in [0, 0.1) is 23.0 Å². The fourth-order valence-corrected chi connectivity index (χ4v) is 5.68. The van der Waals surface area contributed by atoms with Gasteiger partial charge in [0, 0.05) is 11.4 Å². The Hall–Kier alpha value is -3.18. The van der Waals surface area contributed by atoms with Crippen LogP contribution in [-0.4, -0.2) is 29.3 Å². The Morgan fingerprint density at radius 2 is 1.90 bits per heavy atom. The summed E-state index contributed by atoms with van der Waals surface area (Å²) in [6.07, 6.45) is 5.13. The van der Waals surface area contributed by atoms with Gasteiger partial charge in [-0.05, 0) is 49.6 Å². The zero-order chi connectivity index (χ0) is 20.6. The molecule has 2 heterocycles. The average molecular weight is 407 g/mol. The van der Waals surface area contributed by atoms with Crippen molar-refractivity contribution in [3.8, 4) is 28.9 Å². The van der Waals surface area contributed by atoms with E-state index in [1.54, 1.807) is 43.3 Å². The summed E-state index contributed by atoms with van der Waals surface area (Å²) in [6.45, 7) is 1.79. The van der Waals surface area contributed by atoms with E-state index in [4.69, 9.17) is 10.0 Å². The van der Waals surface area contributed by atoms with Gasteiger partial charge in [0.1, 0.15) is 0 Å². The van der Waals surface area contributed by atoms with Gasteiger partial charge in [-0.1, -0.05) is 25.0 Å². The molecule has 2 N–H and O–H groups in total. The second-order valence-electron chi connectivity index (χ2n) is 7.24. The van der Waals surface area contributed by atoms with Crippen LogP contribution in [0.1, 0.15) is 36.9 Å². The number of hydrogen-bond acceptors (Lipinski definition) is 6. The van der Waals surface area contributed by atoms with E-state index in [0.717, 1.165) is 31.2 Å². The zero-order valence-electron chi connectivity index (χ0n) is 16.0. The lowest BCUT2D eigenvalue weighted by molar-refractivity contribution is 0.433. The van der Waals surface area contributed by atoms with Gasteiger partial charge in [-0.3, -0.25) is 0 Å². The molecule has 29 heavy (non-hydrogen) atoms. The largest absolute Gasteiger partial charge is 0.493 e. The number of nitrogens with one attached hydrogen (secondary N) is 1. The number of aromatic hydroxyl groups is 1. The predicted octanol–water partition coefficient (Wildman–Crippen LogP) is 4.17. The number of benzene rings is 1. The van der Waals surface area contributed by atoms with Crippen LogP contribution in [0.4, 0.5) is 0 Å². The summed E-state index contributed by atoms with van der Waals surface area (Å²) in [4.78, 5) is 4.74. The summed E-state index contributed by atoms with van der Waals surface area (Å²) in [5.41, 5.74) is 2.47. The van der Waals surface area contributed by atoms with Crippen LogP contribution < -0.4 is 0 Å². The topological polar surface area (TPSA) is 116 Å². The maximum Gasteiger partial charge on any atom is 0.223 e. The van der Waals surface area contributed by atoms with Crippen molar-refractivity contribution in [1.82, 2.24) is 14.8 Å². The first-order chi connectivity index (χ1) is 13.9. The minimum atomic E-state index is -2.88. The number of aryl methyl sites for hydroxylation is 1. The second kappa shape index (κ2) is 7.33. The third kappa shape index (κ3) is 3.38. The maximum absolute atomic E-state index is 12.9. The molecule has 3 aromatic rings. The fourth-order valence-electron chi connectivity index (χ4n) is 3.81. The van der Waals surface area contributed by atoms with Gasteiger partial charge < -0.3 is 5.11 Å².